The lowest BCUT2D eigenvalue weighted by Crippen LogP contribution is -2.44. The van der Waals surface area contributed by atoms with Crippen LogP contribution in [0.5, 0.6) is 0 Å². The summed E-state index contributed by atoms with van der Waals surface area (Å²) >= 11 is 0. The molecular formula is C24H29N7. The Morgan fingerprint density at radius 3 is 2.77 bits per heavy atom. The molecule has 0 aromatic carbocycles. The number of aromatic nitrogens is 4. The van der Waals surface area contributed by atoms with Gasteiger partial charge in [-0.3, -0.25) is 0 Å². The third kappa shape index (κ3) is 3.63. The highest BCUT2D eigenvalue weighted by Crippen LogP contribution is 2.34. The molecule has 3 aromatic heterocycles. The molecule has 0 unspecified atom stereocenters. The van der Waals surface area contributed by atoms with E-state index in [9.17, 15) is 0 Å². The summed E-state index contributed by atoms with van der Waals surface area (Å²) in [5.41, 5.74) is 13.9. The number of hydrogen-bond acceptors (Lipinski definition) is 6. The third-order valence-corrected chi connectivity index (χ3v) is 6.60. The summed E-state index contributed by atoms with van der Waals surface area (Å²) in [5.74, 6) is 1.97. The molecule has 0 radical (unpaired) electrons. The number of fused-ring (bicyclic) bond motifs is 2. The summed E-state index contributed by atoms with van der Waals surface area (Å²) in [6.45, 7) is 8.76. The SMILES string of the molecule is CC1=Nc2ncc(-c3ccn4nc(NC5CC(N)C5)ncc34)cc2C/C1=C(\C)C(C)C. The van der Waals surface area contributed by atoms with E-state index in [1.165, 1.54) is 11.1 Å². The van der Waals surface area contributed by atoms with Gasteiger partial charge in [0.05, 0.1) is 11.7 Å². The van der Waals surface area contributed by atoms with Crippen LogP contribution in [-0.2, 0) is 6.42 Å². The largest absolute Gasteiger partial charge is 0.350 e. The first kappa shape index (κ1) is 19.9. The van der Waals surface area contributed by atoms with Crippen molar-refractivity contribution in [3.05, 3.63) is 47.4 Å². The fourth-order valence-corrected chi connectivity index (χ4v) is 4.37. The standard InChI is InChI=1S/C24H29N7/c1-13(2)14(3)21-8-16-7-17(11-26-23(16)28-15(21)4)20-5-6-31-22(20)12-27-24(30-31)29-19-9-18(25)10-19/h5-7,11-13,18-19H,8-10,25H2,1-4H3,(H,29,30)/b21-14-. The van der Waals surface area contributed by atoms with Crippen molar-refractivity contribution in [3.63, 3.8) is 0 Å². The van der Waals surface area contributed by atoms with Gasteiger partial charge in [-0.2, -0.15) is 0 Å². The molecule has 7 nitrogen and oxygen atoms in total. The second-order valence-electron chi connectivity index (χ2n) is 9.11. The summed E-state index contributed by atoms with van der Waals surface area (Å²) < 4.78 is 1.87. The van der Waals surface area contributed by atoms with Crippen LogP contribution in [0.3, 0.4) is 0 Å². The van der Waals surface area contributed by atoms with Gasteiger partial charge in [0, 0.05) is 53.3 Å². The van der Waals surface area contributed by atoms with Crippen molar-refractivity contribution in [3.8, 4) is 11.1 Å². The second-order valence-corrected chi connectivity index (χ2v) is 9.11. The van der Waals surface area contributed by atoms with Gasteiger partial charge in [-0.05, 0) is 50.3 Å². The van der Waals surface area contributed by atoms with Crippen molar-refractivity contribution < 1.29 is 0 Å². The lowest BCUT2D eigenvalue weighted by Gasteiger charge is -2.32. The number of nitrogens with zero attached hydrogens (tertiary/aromatic N) is 5. The fraction of sp³-hybridized carbons (Fsp3) is 0.417. The zero-order chi connectivity index (χ0) is 21.7. The Balaban J connectivity index is 1.46. The molecule has 1 fully saturated rings. The second kappa shape index (κ2) is 7.57. The maximum atomic E-state index is 5.87. The molecule has 160 valence electrons. The molecule has 1 aliphatic heterocycles. The van der Waals surface area contributed by atoms with E-state index in [1.807, 2.05) is 23.1 Å². The summed E-state index contributed by atoms with van der Waals surface area (Å²) in [6, 6.07) is 4.95. The topological polar surface area (TPSA) is 93.5 Å². The minimum Gasteiger partial charge on any atom is -0.350 e. The predicted molar refractivity (Wildman–Crippen MR) is 125 cm³/mol. The normalized spacial score (nSPS) is 22.2. The molecule has 1 aliphatic carbocycles. The Morgan fingerprint density at radius 1 is 1.23 bits per heavy atom. The molecule has 4 heterocycles. The van der Waals surface area contributed by atoms with Gasteiger partial charge in [-0.25, -0.2) is 19.5 Å². The van der Waals surface area contributed by atoms with Crippen LogP contribution in [0.1, 0.15) is 46.1 Å². The molecule has 5 rings (SSSR count). The number of nitrogens with one attached hydrogen (secondary N) is 1. The van der Waals surface area contributed by atoms with Crippen LogP contribution in [0, 0.1) is 5.92 Å². The molecule has 3 aromatic rings. The Morgan fingerprint density at radius 2 is 2.03 bits per heavy atom. The molecule has 0 spiro atoms. The molecular weight excluding hydrogens is 386 g/mol. The molecule has 7 heteroatoms. The predicted octanol–water partition coefficient (Wildman–Crippen LogP) is 4.31. The summed E-state index contributed by atoms with van der Waals surface area (Å²) in [4.78, 5) is 14.0. The number of allylic oxidation sites excluding steroid dienone is 2. The molecule has 31 heavy (non-hydrogen) atoms. The smallest absolute Gasteiger partial charge is 0.241 e. The summed E-state index contributed by atoms with van der Waals surface area (Å²) in [7, 11) is 0. The van der Waals surface area contributed by atoms with E-state index in [2.05, 4.69) is 60.2 Å². The van der Waals surface area contributed by atoms with Gasteiger partial charge in [0.1, 0.15) is 0 Å². The van der Waals surface area contributed by atoms with Crippen LogP contribution in [0.15, 0.2) is 46.9 Å². The van der Waals surface area contributed by atoms with Crippen LogP contribution >= 0.6 is 0 Å². The van der Waals surface area contributed by atoms with E-state index >= 15 is 0 Å². The van der Waals surface area contributed by atoms with E-state index in [-0.39, 0.29) is 0 Å². The highest BCUT2D eigenvalue weighted by molar-refractivity contribution is 6.02. The molecule has 3 N–H and O–H groups in total. The molecule has 0 amide bonds. The van der Waals surface area contributed by atoms with Crippen LogP contribution in [0.2, 0.25) is 0 Å². The van der Waals surface area contributed by atoms with E-state index in [0.29, 0.717) is 23.9 Å². The molecule has 0 atom stereocenters. The summed E-state index contributed by atoms with van der Waals surface area (Å²) in [6.07, 6.45) is 8.55. The zero-order valence-corrected chi connectivity index (χ0v) is 18.6. The van der Waals surface area contributed by atoms with Gasteiger partial charge in [-0.1, -0.05) is 19.4 Å². The van der Waals surface area contributed by atoms with Crippen molar-refractivity contribution in [2.75, 3.05) is 5.32 Å². The first-order valence-electron chi connectivity index (χ1n) is 11.0. The van der Waals surface area contributed by atoms with Crippen LogP contribution < -0.4 is 11.1 Å². The van der Waals surface area contributed by atoms with E-state index < -0.39 is 0 Å². The van der Waals surface area contributed by atoms with Gasteiger partial charge < -0.3 is 11.1 Å². The van der Waals surface area contributed by atoms with Crippen LogP contribution in [0.4, 0.5) is 11.8 Å². The van der Waals surface area contributed by atoms with E-state index in [4.69, 9.17) is 10.7 Å². The number of hydrogen-bond donors (Lipinski definition) is 2. The summed E-state index contributed by atoms with van der Waals surface area (Å²) in [5, 5.41) is 7.99. The maximum Gasteiger partial charge on any atom is 0.241 e. The van der Waals surface area contributed by atoms with Gasteiger partial charge in [0.15, 0.2) is 5.82 Å². The van der Waals surface area contributed by atoms with Crippen molar-refractivity contribution in [2.45, 2.75) is 59.0 Å². The lowest BCUT2D eigenvalue weighted by molar-refractivity contribution is 0.371. The highest BCUT2D eigenvalue weighted by atomic mass is 15.3. The molecule has 2 aliphatic rings. The maximum absolute atomic E-state index is 5.87. The van der Waals surface area contributed by atoms with Gasteiger partial charge in [-0.15, -0.1) is 5.10 Å². The van der Waals surface area contributed by atoms with Gasteiger partial charge in [0.25, 0.3) is 0 Å². The average molecular weight is 416 g/mol. The number of nitrogens with two attached hydrogens (primary N) is 1. The van der Waals surface area contributed by atoms with Gasteiger partial charge in [0.2, 0.25) is 5.95 Å². The first-order valence-corrected chi connectivity index (χ1v) is 11.0. The number of anilines is 1. The minimum atomic E-state index is 0.295. The minimum absolute atomic E-state index is 0.295. The Bertz CT molecular complexity index is 1210. The van der Waals surface area contributed by atoms with Gasteiger partial charge >= 0.3 is 0 Å². The average Bonchev–Trinajstić information content (AvgIpc) is 3.14. The Hall–Kier alpha value is -3.06. The first-order chi connectivity index (χ1) is 14.9. The number of pyridine rings is 1. The quantitative estimate of drug-likeness (QED) is 0.662. The van der Waals surface area contributed by atoms with Crippen LogP contribution in [0.25, 0.3) is 16.6 Å². The Labute approximate surface area is 182 Å². The Kier molecular flexibility index (Phi) is 4.85. The molecule has 0 bridgehead atoms. The highest BCUT2D eigenvalue weighted by Gasteiger charge is 2.26. The molecule has 0 saturated heterocycles. The lowest BCUT2D eigenvalue weighted by atomic mass is 9.88. The van der Waals surface area contributed by atoms with Crippen LogP contribution in [-0.4, -0.2) is 37.4 Å². The van der Waals surface area contributed by atoms with Crippen molar-refractivity contribution in [1.82, 2.24) is 19.6 Å². The van der Waals surface area contributed by atoms with E-state index in [1.54, 1.807) is 0 Å². The molecule has 1 saturated carbocycles. The van der Waals surface area contributed by atoms with Crippen molar-refractivity contribution in [1.29, 1.82) is 0 Å². The van der Waals surface area contributed by atoms with Crippen molar-refractivity contribution in [2.24, 2.45) is 16.6 Å². The van der Waals surface area contributed by atoms with Crippen molar-refractivity contribution >= 4 is 23.0 Å². The number of aliphatic imine (C=N–C) groups is 1. The zero-order valence-electron chi connectivity index (χ0n) is 18.6. The fourth-order valence-electron chi connectivity index (χ4n) is 4.37. The number of rotatable bonds is 4. The monoisotopic (exact) mass is 415 g/mol. The third-order valence-electron chi connectivity index (χ3n) is 6.60. The van der Waals surface area contributed by atoms with E-state index in [0.717, 1.165) is 53.0 Å².